The lowest BCUT2D eigenvalue weighted by Gasteiger charge is -2.48. The van der Waals surface area contributed by atoms with Crippen molar-refractivity contribution in [1.82, 2.24) is 0 Å². The van der Waals surface area contributed by atoms with Crippen molar-refractivity contribution >= 4 is 16.8 Å². The van der Waals surface area contributed by atoms with E-state index in [-0.39, 0.29) is 11.8 Å². The average molecular weight is 767 g/mol. The number of hydrogen-bond donors (Lipinski definition) is 0. The van der Waals surface area contributed by atoms with Crippen LogP contribution in [0, 0.1) is 0 Å². The van der Waals surface area contributed by atoms with Crippen LogP contribution in [0.15, 0.2) is 224 Å². The molecule has 2 aliphatic rings. The summed E-state index contributed by atoms with van der Waals surface area (Å²) in [4.78, 5) is 0. The number of fused-ring (bicyclic) bond motifs is 5. The molecule has 0 aliphatic heterocycles. The maximum atomic E-state index is 2.57. The Morgan fingerprint density at radius 3 is 1.45 bits per heavy atom. The number of hydrogen-bond acceptors (Lipinski definition) is 0. The third-order valence-corrected chi connectivity index (χ3v) is 13.4. The van der Waals surface area contributed by atoms with Crippen LogP contribution < -0.4 is 0 Å². The van der Waals surface area contributed by atoms with Gasteiger partial charge in [0, 0.05) is 17.3 Å². The molecule has 0 bridgehead atoms. The Bertz CT molecular complexity index is 2890. The molecule has 0 heteroatoms. The highest BCUT2D eigenvalue weighted by Crippen LogP contribution is 2.65. The molecule has 1 atom stereocenters. The maximum absolute atomic E-state index is 2.57. The second-order valence-corrected chi connectivity index (χ2v) is 16.9. The summed E-state index contributed by atoms with van der Waals surface area (Å²) >= 11 is 0. The van der Waals surface area contributed by atoms with Gasteiger partial charge in [-0.2, -0.15) is 0 Å². The SMILES string of the molecule is CC1=Cc2cccc(-c3cccc4ccccc34)c2C1C(c1ccccc1)(c1ccccc1)C1c2cc(Cc3ccccc3)ccc2-c2ccc(Cc3ccccc3)cc21. The van der Waals surface area contributed by atoms with E-state index in [0.717, 1.165) is 12.8 Å². The average Bonchev–Trinajstić information content (AvgIpc) is 3.82. The van der Waals surface area contributed by atoms with E-state index in [9.17, 15) is 0 Å². The van der Waals surface area contributed by atoms with Crippen LogP contribution in [0.2, 0.25) is 0 Å². The van der Waals surface area contributed by atoms with Gasteiger partial charge in [-0.15, -0.1) is 0 Å². The monoisotopic (exact) mass is 766 g/mol. The molecule has 0 saturated heterocycles. The van der Waals surface area contributed by atoms with Crippen molar-refractivity contribution in [1.29, 1.82) is 0 Å². The van der Waals surface area contributed by atoms with E-state index in [1.165, 1.54) is 94.2 Å². The predicted molar refractivity (Wildman–Crippen MR) is 252 cm³/mol. The normalized spacial score (nSPS) is 14.4. The first-order chi connectivity index (χ1) is 29.7. The molecule has 1 unspecified atom stereocenters. The molecular weight excluding hydrogens is 721 g/mol. The van der Waals surface area contributed by atoms with Gasteiger partial charge in [0.2, 0.25) is 0 Å². The Morgan fingerprint density at radius 1 is 0.383 bits per heavy atom. The van der Waals surface area contributed by atoms with E-state index in [0.29, 0.717) is 0 Å². The molecule has 0 N–H and O–H groups in total. The van der Waals surface area contributed by atoms with Crippen LogP contribution in [0.5, 0.6) is 0 Å². The van der Waals surface area contributed by atoms with Crippen LogP contribution in [0.1, 0.15) is 74.4 Å². The van der Waals surface area contributed by atoms with Gasteiger partial charge in [0.15, 0.2) is 0 Å². The summed E-state index contributed by atoms with van der Waals surface area (Å²) in [6.07, 6.45) is 4.26. The van der Waals surface area contributed by atoms with Crippen molar-refractivity contribution < 1.29 is 0 Å². The molecule has 0 heterocycles. The summed E-state index contributed by atoms with van der Waals surface area (Å²) < 4.78 is 0. The van der Waals surface area contributed by atoms with Crippen molar-refractivity contribution in [3.05, 3.63) is 280 Å². The molecule has 9 aromatic carbocycles. The molecule has 0 nitrogen and oxygen atoms in total. The minimum Gasteiger partial charge on any atom is -0.0639 e. The van der Waals surface area contributed by atoms with Crippen molar-refractivity contribution in [2.45, 2.75) is 37.0 Å². The first-order valence-corrected chi connectivity index (χ1v) is 21.4. The summed E-state index contributed by atoms with van der Waals surface area (Å²) in [5.41, 5.74) is 19.7. The standard InChI is InChI=1S/C60H46/c1-41-36-47-24-17-31-54(51-30-16-23-46-22-14-15-29-50(46)51)57(47)58(41)60(48-25-10-4-11-26-48,49-27-12-5-13-28-49)59-55-39-44(37-42-18-6-2-7-19-42)32-34-52(55)53-35-33-45(40-56(53)59)38-43-20-8-3-9-21-43/h2-36,39-40,58-59H,37-38H2,1H3. The van der Waals surface area contributed by atoms with Crippen molar-refractivity contribution in [3.8, 4) is 22.3 Å². The van der Waals surface area contributed by atoms with Gasteiger partial charge in [0.1, 0.15) is 0 Å². The zero-order valence-electron chi connectivity index (χ0n) is 33.9. The molecule has 60 heavy (non-hydrogen) atoms. The van der Waals surface area contributed by atoms with Crippen LogP contribution in [0.3, 0.4) is 0 Å². The molecule has 0 saturated carbocycles. The zero-order chi connectivity index (χ0) is 40.0. The van der Waals surface area contributed by atoms with Gasteiger partial charge in [-0.3, -0.25) is 0 Å². The third-order valence-electron chi connectivity index (χ3n) is 13.4. The summed E-state index contributed by atoms with van der Waals surface area (Å²) in [6.45, 7) is 2.40. The van der Waals surface area contributed by atoms with Gasteiger partial charge in [-0.25, -0.2) is 0 Å². The zero-order valence-corrected chi connectivity index (χ0v) is 33.9. The quantitative estimate of drug-likeness (QED) is 0.137. The second-order valence-electron chi connectivity index (χ2n) is 16.9. The fraction of sp³-hybridized carbons (Fsp3) is 0.100. The topological polar surface area (TPSA) is 0 Å². The first kappa shape index (κ1) is 36.1. The molecule has 0 radical (unpaired) electrons. The van der Waals surface area contributed by atoms with Crippen LogP contribution in [0.4, 0.5) is 0 Å². The molecule has 11 rings (SSSR count). The van der Waals surface area contributed by atoms with Crippen LogP contribution >= 0.6 is 0 Å². The minimum atomic E-state index is -0.536. The summed E-state index contributed by atoms with van der Waals surface area (Å²) in [7, 11) is 0. The van der Waals surface area contributed by atoms with Crippen molar-refractivity contribution in [2.75, 3.05) is 0 Å². The molecule has 0 aromatic heterocycles. The van der Waals surface area contributed by atoms with Gasteiger partial charge in [0.05, 0.1) is 0 Å². The van der Waals surface area contributed by atoms with Gasteiger partial charge in [-0.05, 0) is 108 Å². The van der Waals surface area contributed by atoms with E-state index in [1.54, 1.807) is 0 Å². The Balaban J connectivity index is 1.23. The number of rotatable bonds is 9. The number of benzene rings is 9. The Kier molecular flexibility index (Phi) is 9.01. The van der Waals surface area contributed by atoms with E-state index in [1.807, 2.05) is 0 Å². The largest absolute Gasteiger partial charge is 0.0639 e. The highest BCUT2D eigenvalue weighted by molar-refractivity contribution is 5.99. The Morgan fingerprint density at radius 2 is 0.867 bits per heavy atom. The van der Waals surface area contributed by atoms with Crippen molar-refractivity contribution in [3.63, 3.8) is 0 Å². The second kappa shape index (κ2) is 15.0. The predicted octanol–water partition coefficient (Wildman–Crippen LogP) is 15.0. The maximum Gasteiger partial charge on any atom is 0.0418 e. The summed E-state index contributed by atoms with van der Waals surface area (Å²) in [5.74, 6) is 0.0189. The molecule has 9 aromatic rings. The Labute approximate surface area is 354 Å². The lowest BCUT2D eigenvalue weighted by molar-refractivity contribution is 0.405. The molecule has 2 aliphatic carbocycles. The van der Waals surface area contributed by atoms with E-state index >= 15 is 0 Å². The van der Waals surface area contributed by atoms with Gasteiger partial charge < -0.3 is 0 Å². The first-order valence-electron chi connectivity index (χ1n) is 21.4. The van der Waals surface area contributed by atoms with Crippen LogP contribution in [-0.4, -0.2) is 0 Å². The lowest BCUT2D eigenvalue weighted by atomic mass is 9.53. The van der Waals surface area contributed by atoms with E-state index in [2.05, 4.69) is 231 Å². The minimum absolute atomic E-state index is 0.00128. The molecule has 0 amide bonds. The molecular formula is C60H46. The highest BCUT2D eigenvalue weighted by atomic mass is 14.6. The summed E-state index contributed by atoms with van der Waals surface area (Å²) in [6, 6.07) is 82.3. The van der Waals surface area contributed by atoms with E-state index in [4.69, 9.17) is 0 Å². The fourth-order valence-electron chi connectivity index (χ4n) is 11.0. The molecule has 0 fully saturated rings. The third kappa shape index (κ3) is 5.98. The van der Waals surface area contributed by atoms with Gasteiger partial charge in [-0.1, -0.05) is 230 Å². The fourth-order valence-corrected chi connectivity index (χ4v) is 11.0. The molecule has 0 spiro atoms. The van der Waals surface area contributed by atoms with Crippen LogP contribution in [-0.2, 0) is 18.3 Å². The smallest absolute Gasteiger partial charge is 0.0418 e. The van der Waals surface area contributed by atoms with Gasteiger partial charge >= 0.3 is 0 Å². The summed E-state index contributed by atoms with van der Waals surface area (Å²) in [5, 5.41) is 2.55. The highest BCUT2D eigenvalue weighted by Gasteiger charge is 2.55. The van der Waals surface area contributed by atoms with Crippen LogP contribution in [0.25, 0.3) is 39.1 Å². The lowest BCUT2D eigenvalue weighted by Crippen LogP contribution is -2.41. The van der Waals surface area contributed by atoms with E-state index < -0.39 is 5.41 Å². The van der Waals surface area contributed by atoms with Gasteiger partial charge in [0.25, 0.3) is 0 Å². The van der Waals surface area contributed by atoms with Crippen molar-refractivity contribution in [2.24, 2.45) is 0 Å². The molecule has 286 valence electrons. The Hall–Kier alpha value is -7.02. The number of allylic oxidation sites excluding steroid dienone is 1.